The molecule has 0 bridgehead atoms. The molecule has 8 heteroatoms. The van der Waals surface area contributed by atoms with E-state index in [0.717, 1.165) is 25.7 Å². The van der Waals surface area contributed by atoms with Crippen LogP contribution in [-0.2, 0) is 9.59 Å². The first-order valence-electron chi connectivity index (χ1n) is 13.8. The smallest absolute Gasteiger partial charge is 0.337 e. The van der Waals surface area contributed by atoms with E-state index in [9.17, 15) is 19.5 Å². The second-order valence-corrected chi connectivity index (χ2v) is 10.1. The third kappa shape index (κ3) is 9.94. The summed E-state index contributed by atoms with van der Waals surface area (Å²) in [5.41, 5.74) is 12.1. The molecule has 0 radical (unpaired) electrons. The molecule has 3 unspecified atom stereocenters. The fraction of sp³-hybridized carbons (Fsp3) is 0.344. The van der Waals surface area contributed by atoms with Crippen LogP contribution in [0.3, 0.4) is 0 Å². The van der Waals surface area contributed by atoms with Crippen LogP contribution in [0.15, 0.2) is 72.8 Å². The molecule has 0 aromatic heterocycles. The molecule has 212 valence electrons. The number of carbonyl (C=O) groups is 3. The van der Waals surface area contributed by atoms with Crippen molar-refractivity contribution in [1.82, 2.24) is 0 Å². The van der Waals surface area contributed by atoms with E-state index in [4.69, 9.17) is 16.6 Å². The number of aliphatic carboxylic acids is 1. The molecule has 3 atom stereocenters. The number of aromatic carboxylic acids is 1. The Hall–Kier alpha value is -4.01. The summed E-state index contributed by atoms with van der Waals surface area (Å²) in [5.74, 6) is -0.873. The van der Waals surface area contributed by atoms with Gasteiger partial charge in [0.2, 0.25) is 5.91 Å². The van der Waals surface area contributed by atoms with Gasteiger partial charge in [-0.25, -0.2) is 4.79 Å². The van der Waals surface area contributed by atoms with Crippen molar-refractivity contribution in [3.63, 3.8) is 0 Å². The van der Waals surface area contributed by atoms with Gasteiger partial charge in [0, 0.05) is 6.42 Å². The van der Waals surface area contributed by atoms with Crippen LogP contribution in [0.4, 0.5) is 5.69 Å². The van der Waals surface area contributed by atoms with Crippen LogP contribution in [0.1, 0.15) is 60.9 Å². The molecule has 1 aliphatic rings. The zero-order valence-corrected chi connectivity index (χ0v) is 22.7. The van der Waals surface area contributed by atoms with Crippen LogP contribution in [-0.4, -0.2) is 40.6 Å². The summed E-state index contributed by atoms with van der Waals surface area (Å²) in [5, 5.41) is 22.7. The van der Waals surface area contributed by atoms with Gasteiger partial charge in [-0.2, -0.15) is 0 Å². The molecule has 7 N–H and O–H groups in total. The molecule has 0 aliphatic heterocycles. The van der Waals surface area contributed by atoms with Gasteiger partial charge in [-0.1, -0.05) is 67.1 Å². The lowest BCUT2D eigenvalue weighted by atomic mass is 10.1. The molecule has 0 saturated heterocycles. The summed E-state index contributed by atoms with van der Waals surface area (Å²) < 4.78 is 0. The maximum absolute atomic E-state index is 12.2. The van der Waals surface area contributed by atoms with Crippen molar-refractivity contribution in [2.75, 3.05) is 11.9 Å². The van der Waals surface area contributed by atoms with Crippen LogP contribution >= 0.6 is 0 Å². The van der Waals surface area contributed by atoms with Crippen molar-refractivity contribution in [3.8, 4) is 0 Å². The first-order chi connectivity index (χ1) is 19.3. The topological polar surface area (TPSA) is 156 Å². The number of carboxylic acids is 2. The van der Waals surface area contributed by atoms with Gasteiger partial charge in [0.25, 0.3) is 0 Å². The molecule has 0 spiro atoms. The predicted molar refractivity (Wildman–Crippen MR) is 159 cm³/mol. The first kappa shape index (κ1) is 30.5. The predicted octanol–water partition coefficient (Wildman–Crippen LogP) is 5.52. The minimum Gasteiger partial charge on any atom is -0.480 e. The zero-order chi connectivity index (χ0) is 28.9. The average Bonchev–Trinajstić information content (AvgIpc) is 3.70. The van der Waals surface area contributed by atoms with E-state index in [1.165, 1.54) is 28.8 Å². The number of rotatable bonds is 13. The number of nitrogens with two attached hydrogens (primary N) is 2. The third-order valence-electron chi connectivity index (χ3n) is 6.98. The van der Waals surface area contributed by atoms with Gasteiger partial charge in [0.15, 0.2) is 0 Å². The quantitative estimate of drug-likeness (QED) is 0.177. The van der Waals surface area contributed by atoms with E-state index >= 15 is 0 Å². The van der Waals surface area contributed by atoms with Gasteiger partial charge in [-0.05, 0) is 85.0 Å². The lowest BCUT2D eigenvalue weighted by Crippen LogP contribution is -2.29. The number of anilines is 1. The minimum absolute atomic E-state index is 0.118. The summed E-state index contributed by atoms with van der Waals surface area (Å²) >= 11 is 0. The molecule has 4 rings (SSSR count). The summed E-state index contributed by atoms with van der Waals surface area (Å²) in [7, 11) is 0. The summed E-state index contributed by atoms with van der Waals surface area (Å²) in [6.45, 7) is 0.604. The van der Waals surface area contributed by atoms with Crippen molar-refractivity contribution in [2.24, 2.45) is 23.3 Å². The van der Waals surface area contributed by atoms with Gasteiger partial charge >= 0.3 is 11.9 Å². The number of amides is 1. The van der Waals surface area contributed by atoms with Crippen molar-refractivity contribution in [1.29, 1.82) is 0 Å². The number of carboxylic acid groups (broad SMARTS) is 2. The third-order valence-corrected chi connectivity index (χ3v) is 6.98. The van der Waals surface area contributed by atoms with Crippen molar-refractivity contribution >= 4 is 40.4 Å². The lowest BCUT2D eigenvalue weighted by Gasteiger charge is -2.08. The number of hydrogen-bond acceptors (Lipinski definition) is 5. The molecule has 0 heterocycles. The zero-order valence-electron chi connectivity index (χ0n) is 22.7. The van der Waals surface area contributed by atoms with Crippen LogP contribution < -0.4 is 16.8 Å². The second-order valence-electron chi connectivity index (χ2n) is 10.1. The largest absolute Gasteiger partial charge is 0.480 e. The van der Waals surface area contributed by atoms with E-state index in [1.807, 2.05) is 0 Å². The van der Waals surface area contributed by atoms with E-state index in [1.54, 1.807) is 18.2 Å². The number of fused-ring (bicyclic) bond motifs is 1. The summed E-state index contributed by atoms with van der Waals surface area (Å²) in [6.07, 6.45) is 10.1. The van der Waals surface area contributed by atoms with Gasteiger partial charge < -0.3 is 27.0 Å². The van der Waals surface area contributed by atoms with Crippen LogP contribution in [0.2, 0.25) is 0 Å². The normalized spacial score (nSPS) is 16.6. The molecule has 1 amide bonds. The summed E-state index contributed by atoms with van der Waals surface area (Å²) in [4.78, 5) is 33.5. The van der Waals surface area contributed by atoms with Crippen molar-refractivity contribution < 1.29 is 24.6 Å². The van der Waals surface area contributed by atoms with E-state index in [0.29, 0.717) is 36.9 Å². The number of allylic oxidation sites excluding steroid dienone is 1. The van der Waals surface area contributed by atoms with E-state index in [2.05, 4.69) is 59.9 Å². The Balaban J connectivity index is 0.000000378. The van der Waals surface area contributed by atoms with Crippen LogP contribution in [0.25, 0.3) is 16.8 Å². The Bertz CT molecular complexity index is 1320. The van der Waals surface area contributed by atoms with Crippen LogP contribution in [0.5, 0.6) is 0 Å². The standard InChI is InChI=1S/C26H25NO3.C6H14N2O2/c28-25(27-24-10-4-3-9-23(24)26(29)30)11-5-8-21-17-22(21)15-13-18-12-14-19-6-1-2-7-20(19)16-18;7-4-2-1-3-5(8)6(9)10/h1-4,6-7,9-10,12-16,21-22H,5,8,11,17H2,(H,27,28)(H,29,30);5H,1-4,7-8H2,(H,9,10)/b15-13+;. The maximum atomic E-state index is 12.2. The molecule has 1 saturated carbocycles. The number of para-hydroxylation sites is 1. The molecule has 1 fully saturated rings. The Labute approximate surface area is 235 Å². The fourth-order valence-corrected chi connectivity index (χ4v) is 4.53. The first-order valence-corrected chi connectivity index (χ1v) is 13.8. The summed E-state index contributed by atoms with van der Waals surface area (Å²) in [6, 6.07) is 20.6. The molecule has 3 aromatic carbocycles. The highest BCUT2D eigenvalue weighted by molar-refractivity contribution is 6.00. The fourth-order valence-electron chi connectivity index (χ4n) is 4.53. The highest BCUT2D eigenvalue weighted by Gasteiger charge is 2.33. The highest BCUT2D eigenvalue weighted by atomic mass is 16.4. The Morgan fingerprint density at radius 3 is 2.40 bits per heavy atom. The van der Waals surface area contributed by atoms with Gasteiger partial charge in [0.05, 0.1) is 11.3 Å². The number of hydrogen-bond donors (Lipinski definition) is 5. The Kier molecular flexibility index (Phi) is 11.9. The molecular formula is C32H39N3O5. The number of nitrogens with one attached hydrogen (secondary N) is 1. The number of benzene rings is 3. The van der Waals surface area contributed by atoms with Gasteiger partial charge in [-0.3, -0.25) is 9.59 Å². The monoisotopic (exact) mass is 545 g/mol. The molecular weight excluding hydrogens is 506 g/mol. The molecule has 1 aliphatic carbocycles. The highest BCUT2D eigenvalue weighted by Crippen LogP contribution is 2.43. The SMILES string of the molecule is NCCCCC(N)C(=O)O.O=C(CCCC1CC1/C=C/c1ccc2ccccc2c1)Nc1ccccc1C(=O)O. The maximum Gasteiger partial charge on any atom is 0.337 e. The van der Waals surface area contributed by atoms with Gasteiger partial charge in [-0.15, -0.1) is 0 Å². The molecule has 3 aromatic rings. The van der Waals surface area contributed by atoms with Crippen LogP contribution in [0, 0.1) is 11.8 Å². The van der Waals surface area contributed by atoms with E-state index in [-0.39, 0.29) is 11.5 Å². The second kappa shape index (κ2) is 15.5. The molecule has 8 nitrogen and oxygen atoms in total. The lowest BCUT2D eigenvalue weighted by molar-refractivity contribution is -0.138. The van der Waals surface area contributed by atoms with Crippen molar-refractivity contribution in [3.05, 3.63) is 83.9 Å². The molecule has 40 heavy (non-hydrogen) atoms. The van der Waals surface area contributed by atoms with Gasteiger partial charge in [0.1, 0.15) is 6.04 Å². The number of unbranched alkanes of at least 4 members (excludes halogenated alkanes) is 1. The average molecular weight is 546 g/mol. The Morgan fingerprint density at radius 1 is 0.950 bits per heavy atom. The van der Waals surface area contributed by atoms with E-state index < -0.39 is 18.0 Å². The minimum atomic E-state index is -1.04. The van der Waals surface area contributed by atoms with Crippen molar-refractivity contribution in [2.45, 2.75) is 51.0 Å². The number of carbonyl (C=O) groups excluding carboxylic acids is 1. The Morgan fingerprint density at radius 2 is 1.68 bits per heavy atom.